The number of piperazine rings is 1. The number of hydrazine groups is 1. The van der Waals surface area contributed by atoms with Gasteiger partial charge in [0.25, 0.3) is 12.3 Å². The Morgan fingerprint density at radius 3 is 2.43 bits per heavy atom. The number of fused-ring (bicyclic) bond motifs is 2. The van der Waals surface area contributed by atoms with Crippen LogP contribution in [0, 0.1) is 5.41 Å². The van der Waals surface area contributed by atoms with Crippen LogP contribution in [0.15, 0.2) is 48.7 Å². The van der Waals surface area contributed by atoms with Gasteiger partial charge in [0.05, 0.1) is 29.4 Å². The van der Waals surface area contributed by atoms with Crippen LogP contribution in [0.1, 0.15) is 115 Å². The number of pyridine rings is 1. The van der Waals surface area contributed by atoms with E-state index < -0.39 is 47.5 Å². The maximum atomic E-state index is 14.9. The summed E-state index contributed by atoms with van der Waals surface area (Å²) in [4.78, 5) is 49.3. The number of nitrogens with one attached hydrogen (secondary N) is 2. The number of aryl methyl sites for hydroxylation is 1. The molecule has 2 aromatic heterocycles. The number of hydrogen-bond acceptors (Lipinski definition) is 10. The number of carboxylic acid groups (broad SMARTS) is 1. The standard InChI is InChI=1S/C51H69F2N7O7/c1-9-59-43-16-15-33(34-21-32(22-35(24-34)46(52)53)23-42(55-49(65)67-50(3,4)5)47(62)60-18-12-14-41(56-60)48(63)64)25-38(43)40(27-51(6,7)30-61)45(59)39-26-37(28-54-44(39)31(2)66-8)58-20-19-57-17-11-10-13-36(57)29-58/h15-16,21-22,24-26,28,31,36,41-42,46,56,61H,9-14,17-20,23,27,29-30H2,1-8H3,(H,55,65)(H,63,64)/t31-,36+,41-,42-/m0/s1. The first-order valence-electron chi connectivity index (χ1n) is 23.8. The van der Waals surface area contributed by atoms with Crippen molar-refractivity contribution in [3.8, 4) is 22.4 Å². The minimum atomic E-state index is -2.86. The van der Waals surface area contributed by atoms with Crippen LogP contribution in [-0.4, -0.2) is 118 Å². The maximum absolute atomic E-state index is 14.9. The Balaban J connectivity index is 1.34. The molecule has 5 heterocycles. The van der Waals surface area contributed by atoms with Crippen LogP contribution in [0.5, 0.6) is 0 Å². The van der Waals surface area contributed by atoms with Crippen LogP contribution < -0.4 is 15.6 Å². The summed E-state index contributed by atoms with van der Waals surface area (Å²) in [5.41, 5.74) is 8.23. The number of carbonyl (C=O) groups excluding carboxylic acids is 2. The van der Waals surface area contributed by atoms with E-state index in [4.69, 9.17) is 14.5 Å². The number of halogens is 2. The Morgan fingerprint density at radius 2 is 1.75 bits per heavy atom. The second kappa shape index (κ2) is 20.6. The highest BCUT2D eigenvalue weighted by atomic mass is 19.3. The molecule has 3 aliphatic rings. The molecule has 3 fully saturated rings. The van der Waals surface area contributed by atoms with Crippen LogP contribution in [0.3, 0.4) is 0 Å². The number of methoxy groups -OCH3 is 1. The van der Waals surface area contributed by atoms with Crippen molar-refractivity contribution in [1.29, 1.82) is 0 Å². The molecule has 0 bridgehead atoms. The van der Waals surface area contributed by atoms with Gasteiger partial charge in [-0.1, -0.05) is 38.5 Å². The molecule has 2 aromatic carbocycles. The topological polar surface area (TPSA) is 162 Å². The second-order valence-electron chi connectivity index (χ2n) is 20.3. The highest BCUT2D eigenvalue weighted by molar-refractivity contribution is 5.96. The van der Waals surface area contributed by atoms with Crippen molar-refractivity contribution >= 4 is 34.6 Å². The average molecular weight is 930 g/mol. The molecule has 3 aliphatic heterocycles. The smallest absolute Gasteiger partial charge is 0.408 e. The summed E-state index contributed by atoms with van der Waals surface area (Å²) in [6, 6.07) is 10.9. The van der Waals surface area contributed by atoms with Gasteiger partial charge in [-0.2, -0.15) is 0 Å². The molecule has 2 amide bonds. The minimum Gasteiger partial charge on any atom is -0.480 e. The SMILES string of the molecule is CCn1c(-c2cc(N3CCN4CCCC[C@@H]4C3)cnc2[C@H](C)OC)c(CC(C)(C)CO)c2cc(-c3cc(C[C@H](NC(=O)OC(C)(C)C)C(=O)N4CCC[C@@H](C(=O)O)N4)cc(C(F)F)c3)ccc21. The summed E-state index contributed by atoms with van der Waals surface area (Å²) in [7, 11) is 1.68. The highest BCUT2D eigenvalue weighted by Crippen LogP contribution is 2.43. The number of anilines is 1. The molecule has 0 spiro atoms. The number of aliphatic carboxylic acids is 1. The quantitative estimate of drug-likeness (QED) is 0.0908. The Bertz CT molecular complexity index is 2430. The lowest BCUT2D eigenvalue weighted by Crippen LogP contribution is -2.60. The fourth-order valence-electron chi connectivity index (χ4n) is 9.93. The van der Waals surface area contributed by atoms with Gasteiger partial charge >= 0.3 is 12.1 Å². The zero-order valence-electron chi connectivity index (χ0n) is 40.3. The number of ether oxygens (including phenoxy) is 2. The highest BCUT2D eigenvalue weighted by Gasteiger charge is 2.35. The van der Waals surface area contributed by atoms with Crippen molar-refractivity contribution in [2.75, 3.05) is 51.3 Å². The van der Waals surface area contributed by atoms with Gasteiger partial charge < -0.3 is 34.5 Å². The number of nitrogens with zero attached hydrogens (tertiary/aromatic N) is 5. The largest absolute Gasteiger partial charge is 0.480 e. The molecule has 14 nitrogen and oxygen atoms in total. The number of piperidine rings is 1. The molecular weight excluding hydrogens is 861 g/mol. The third-order valence-corrected chi connectivity index (χ3v) is 13.4. The number of aliphatic hydroxyl groups is 1. The third kappa shape index (κ3) is 11.4. The second-order valence-corrected chi connectivity index (χ2v) is 20.3. The van der Waals surface area contributed by atoms with Gasteiger partial charge in [0.1, 0.15) is 17.7 Å². The van der Waals surface area contributed by atoms with Crippen LogP contribution in [0.4, 0.5) is 19.3 Å². The van der Waals surface area contributed by atoms with E-state index in [9.17, 15) is 33.4 Å². The van der Waals surface area contributed by atoms with E-state index in [0.717, 1.165) is 65.3 Å². The van der Waals surface area contributed by atoms with Crippen molar-refractivity contribution in [3.63, 3.8) is 0 Å². The van der Waals surface area contributed by atoms with E-state index >= 15 is 0 Å². The molecule has 4 N–H and O–H groups in total. The van der Waals surface area contributed by atoms with Crippen LogP contribution >= 0.6 is 0 Å². The number of benzene rings is 2. The lowest BCUT2D eigenvalue weighted by molar-refractivity contribution is -0.147. The van der Waals surface area contributed by atoms with E-state index in [1.54, 1.807) is 33.9 Å². The summed E-state index contributed by atoms with van der Waals surface area (Å²) in [5.74, 6) is -1.74. The van der Waals surface area contributed by atoms with Crippen LogP contribution in [0.2, 0.25) is 0 Å². The number of hydrogen-bond donors (Lipinski definition) is 4. The zero-order chi connectivity index (χ0) is 48.4. The van der Waals surface area contributed by atoms with Gasteiger partial charge in [-0.3, -0.25) is 24.5 Å². The number of alkyl halides is 2. The third-order valence-electron chi connectivity index (χ3n) is 13.4. The number of aliphatic hydroxyl groups excluding tert-OH is 1. The molecule has 0 radical (unpaired) electrons. The first kappa shape index (κ1) is 49.7. The monoisotopic (exact) mass is 930 g/mol. The normalized spacial score (nSPS) is 19.3. The van der Waals surface area contributed by atoms with E-state index in [-0.39, 0.29) is 31.2 Å². The molecule has 67 heavy (non-hydrogen) atoms. The zero-order valence-corrected chi connectivity index (χ0v) is 40.3. The first-order chi connectivity index (χ1) is 31.8. The predicted molar refractivity (Wildman–Crippen MR) is 255 cm³/mol. The number of carbonyl (C=O) groups is 3. The molecule has 16 heteroatoms. The van der Waals surface area contributed by atoms with Gasteiger partial charge in [-0.15, -0.1) is 0 Å². The predicted octanol–water partition coefficient (Wildman–Crippen LogP) is 8.29. The Kier molecular flexibility index (Phi) is 15.3. The van der Waals surface area contributed by atoms with Gasteiger partial charge in [-0.05, 0) is 125 Å². The van der Waals surface area contributed by atoms with Gasteiger partial charge in [0.2, 0.25) is 0 Å². The first-order valence-corrected chi connectivity index (χ1v) is 23.8. The molecule has 0 unspecified atom stereocenters. The van der Waals surface area contributed by atoms with E-state index in [2.05, 4.69) is 38.1 Å². The lowest BCUT2D eigenvalue weighted by Gasteiger charge is -2.45. The van der Waals surface area contributed by atoms with E-state index in [1.165, 1.54) is 36.4 Å². The van der Waals surface area contributed by atoms with Crippen molar-refractivity contribution < 1.29 is 42.9 Å². The van der Waals surface area contributed by atoms with Crippen LogP contribution in [-0.2, 0) is 38.4 Å². The maximum Gasteiger partial charge on any atom is 0.408 e. The van der Waals surface area contributed by atoms with Crippen molar-refractivity contribution in [2.45, 2.75) is 136 Å². The summed E-state index contributed by atoms with van der Waals surface area (Å²) >= 11 is 0. The molecule has 4 atom stereocenters. The lowest BCUT2D eigenvalue weighted by atomic mass is 9.84. The number of carboxylic acids is 1. The van der Waals surface area contributed by atoms with E-state index in [1.807, 2.05) is 45.2 Å². The number of alkyl carbamates (subject to hydrolysis) is 1. The average Bonchev–Trinajstić information content (AvgIpc) is 3.60. The molecule has 0 aliphatic carbocycles. The van der Waals surface area contributed by atoms with Crippen molar-refractivity contribution in [1.82, 2.24) is 30.2 Å². The molecule has 4 aromatic rings. The van der Waals surface area contributed by atoms with Crippen LogP contribution in [0.25, 0.3) is 33.3 Å². The fraction of sp³-hybridized carbons (Fsp3) is 0.569. The number of rotatable bonds is 15. The fourth-order valence-corrected chi connectivity index (χ4v) is 9.93. The van der Waals surface area contributed by atoms with E-state index in [0.29, 0.717) is 48.5 Å². The van der Waals surface area contributed by atoms with Gasteiger partial charge in [0, 0.05) is 80.9 Å². The van der Waals surface area contributed by atoms with Crippen molar-refractivity contribution in [3.05, 3.63) is 71.0 Å². The Labute approximate surface area is 393 Å². The minimum absolute atomic E-state index is 0.0723. The molecule has 7 rings (SSSR count). The summed E-state index contributed by atoms with van der Waals surface area (Å²) in [5, 5.41) is 25.1. The summed E-state index contributed by atoms with van der Waals surface area (Å²) < 4.78 is 43.5. The molecule has 364 valence electrons. The number of amides is 2. The molecular formula is C51H69F2N7O7. The molecule has 0 saturated carbocycles. The number of aromatic nitrogens is 2. The Hall–Kier alpha value is -5.16. The van der Waals surface area contributed by atoms with Gasteiger partial charge in [-0.25, -0.2) is 19.0 Å². The van der Waals surface area contributed by atoms with Crippen molar-refractivity contribution in [2.24, 2.45) is 5.41 Å². The van der Waals surface area contributed by atoms with Gasteiger partial charge in [0.15, 0.2) is 0 Å². The molecule has 3 saturated heterocycles. The summed E-state index contributed by atoms with van der Waals surface area (Å²) in [6.07, 6.45) is 2.58. The Morgan fingerprint density at radius 1 is 0.970 bits per heavy atom. The summed E-state index contributed by atoms with van der Waals surface area (Å²) in [6.45, 7) is 17.9.